The molecule has 0 saturated heterocycles. The van der Waals surface area contributed by atoms with Crippen LogP contribution in [0.1, 0.15) is 0 Å². The maximum atomic E-state index is 9.13. The Kier molecular flexibility index (Phi) is 1.84. The van der Waals surface area contributed by atoms with E-state index in [-0.39, 0.29) is 0 Å². The van der Waals surface area contributed by atoms with E-state index in [0.717, 1.165) is 11.1 Å². The standard InChI is InChI=1S/C10H8OS/c11-10-6-9(7-12-10)8-4-2-1-3-5-8/h1-7,11H. The van der Waals surface area contributed by atoms with Gasteiger partial charge in [-0.1, -0.05) is 30.3 Å². The SMILES string of the molecule is Oc1cc(-c2ccccc2)cs1. The molecule has 0 radical (unpaired) electrons. The van der Waals surface area contributed by atoms with Crippen LogP contribution in [0.5, 0.6) is 5.06 Å². The number of hydrogen-bond acceptors (Lipinski definition) is 2. The second-order valence-electron chi connectivity index (χ2n) is 2.54. The highest BCUT2D eigenvalue weighted by molar-refractivity contribution is 7.12. The highest BCUT2D eigenvalue weighted by Gasteiger charge is 1.98. The second-order valence-corrected chi connectivity index (χ2v) is 3.43. The molecule has 60 valence electrons. The average Bonchev–Trinajstić information content (AvgIpc) is 2.54. The van der Waals surface area contributed by atoms with E-state index < -0.39 is 0 Å². The quantitative estimate of drug-likeness (QED) is 0.707. The molecule has 0 amide bonds. The Morgan fingerprint density at radius 2 is 1.75 bits per heavy atom. The van der Waals surface area contributed by atoms with Gasteiger partial charge in [-0.25, -0.2) is 0 Å². The Hall–Kier alpha value is -1.28. The zero-order valence-electron chi connectivity index (χ0n) is 6.40. The summed E-state index contributed by atoms with van der Waals surface area (Å²) in [6.45, 7) is 0. The minimum absolute atomic E-state index is 0.369. The summed E-state index contributed by atoms with van der Waals surface area (Å²) in [5.41, 5.74) is 2.23. The van der Waals surface area contributed by atoms with Gasteiger partial charge in [0.1, 0.15) is 0 Å². The Morgan fingerprint density at radius 1 is 1.00 bits per heavy atom. The first-order valence-corrected chi connectivity index (χ1v) is 4.57. The monoisotopic (exact) mass is 176 g/mol. The average molecular weight is 176 g/mol. The molecule has 0 saturated carbocycles. The molecule has 1 N–H and O–H groups in total. The van der Waals surface area contributed by atoms with Crippen LogP contribution in [0.15, 0.2) is 41.8 Å². The summed E-state index contributed by atoms with van der Waals surface area (Å²) < 4.78 is 0. The number of benzene rings is 1. The Bertz CT molecular complexity index is 364. The molecule has 2 heteroatoms. The number of hydrogen-bond donors (Lipinski definition) is 1. The summed E-state index contributed by atoms with van der Waals surface area (Å²) >= 11 is 1.35. The van der Waals surface area contributed by atoms with Crippen molar-refractivity contribution in [2.45, 2.75) is 0 Å². The lowest BCUT2D eigenvalue weighted by atomic mass is 10.1. The molecule has 0 aliphatic carbocycles. The first-order valence-electron chi connectivity index (χ1n) is 3.69. The predicted octanol–water partition coefficient (Wildman–Crippen LogP) is 3.12. The summed E-state index contributed by atoms with van der Waals surface area (Å²) in [4.78, 5) is 0. The van der Waals surface area contributed by atoms with Crippen molar-refractivity contribution in [3.63, 3.8) is 0 Å². The highest BCUT2D eigenvalue weighted by atomic mass is 32.1. The van der Waals surface area contributed by atoms with Gasteiger partial charge in [-0.15, -0.1) is 11.3 Å². The highest BCUT2D eigenvalue weighted by Crippen LogP contribution is 2.29. The summed E-state index contributed by atoms with van der Waals surface area (Å²) in [7, 11) is 0. The largest absolute Gasteiger partial charge is 0.499 e. The fraction of sp³-hybridized carbons (Fsp3) is 0. The van der Waals surface area contributed by atoms with E-state index >= 15 is 0 Å². The molecular formula is C10H8OS. The van der Waals surface area contributed by atoms with Crippen molar-refractivity contribution < 1.29 is 5.11 Å². The van der Waals surface area contributed by atoms with Gasteiger partial charge in [-0.3, -0.25) is 0 Å². The lowest BCUT2D eigenvalue weighted by molar-refractivity contribution is 0.491. The third-order valence-electron chi connectivity index (χ3n) is 1.69. The van der Waals surface area contributed by atoms with Crippen molar-refractivity contribution in [1.29, 1.82) is 0 Å². The zero-order valence-corrected chi connectivity index (χ0v) is 7.21. The molecule has 0 atom stereocenters. The van der Waals surface area contributed by atoms with Gasteiger partial charge in [0, 0.05) is 5.38 Å². The van der Waals surface area contributed by atoms with E-state index in [1.807, 2.05) is 35.7 Å². The van der Waals surface area contributed by atoms with E-state index in [0.29, 0.717) is 5.06 Å². The van der Waals surface area contributed by atoms with Crippen molar-refractivity contribution in [2.75, 3.05) is 0 Å². The Morgan fingerprint density at radius 3 is 2.33 bits per heavy atom. The molecule has 1 aromatic heterocycles. The lowest BCUT2D eigenvalue weighted by Gasteiger charge is -1.93. The number of aromatic hydroxyl groups is 1. The van der Waals surface area contributed by atoms with Gasteiger partial charge in [-0.05, 0) is 17.2 Å². The van der Waals surface area contributed by atoms with Gasteiger partial charge in [0.05, 0.1) is 0 Å². The van der Waals surface area contributed by atoms with Gasteiger partial charge in [0.25, 0.3) is 0 Å². The Labute approximate surface area is 74.9 Å². The van der Waals surface area contributed by atoms with E-state index in [4.69, 9.17) is 5.11 Å². The third-order valence-corrected chi connectivity index (χ3v) is 2.42. The van der Waals surface area contributed by atoms with Crippen molar-refractivity contribution in [3.05, 3.63) is 41.8 Å². The summed E-state index contributed by atoms with van der Waals surface area (Å²) in [6.07, 6.45) is 0. The molecule has 2 rings (SSSR count). The third kappa shape index (κ3) is 1.34. The van der Waals surface area contributed by atoms with Crippen LogP contribution < -0.4 is 0 Å². The van der Waals surface area contributed by atoms with Crippen molar-refractivity contribution in [3.8, 4) is 16.2 Å². The van der Waals surface area contributed by atoms with Crippen molar-refractivity contribution >= 4 is 11.3 Å². The molecule has 0 aliphatic heterocycles. The second kappa shape index (κ2) is 2.99. The molecule has 1 heterocycles. The van der Waals surface area contributed by atoms with Crippen molar-refractivity contribution in [1.82, 2.24) is 0 Å². The van der Waals surface area contributed by atoms with Gasteiger partial charge in [0.2, 0.25) is 0 Å². The normalized spacial score (nSPS) is 10.0. The zero-order chi connectivity index (χ0) is 8.39. The summed E-state index contributed by atoms with van der Waals surface area (Å²) in [5, 5.41) is 11.5. The molecule has 1 nitrogen and oxygen atoms in total. The number of rotatable bonds is 1. The van der Waals surface area contributed by atoms with Crippen LogP contribution in [0.25, 0.3) is 11.1 Å². The summed E-state index contributed by atoms with van der Waals surface area (Å²) in [6, 6.07) is 11.8. The molecule has 0 fully saturated rings. The molecule has 0 unspecified atom stereocenters. The minimum Gasteiger partial charge on any atom is -0.499 e. The van der Waals surface area contributed by atoms with Gasteiger partial charge >= 0.3 is 0 Å². The van der Waals surface area contributed by atoms with Crippen LogP contribution in [0.2, 0.25) is 0 Å². The van der Waals surface area contributed by atoms with Gasteiger partial charge in [-0.2, -0.15) is 0 Å². The van der Waals surface area contributed by atoms with Crippen LogP contribution in [-0.4, -0.2) is 5.11 Å². The van der Waals surface area contributed by atoms with Gasteiger partial charge in [0.15, 0.2) is 5.06 Å². The minimum atomic E-state index is 0.369. The van der Waals surface area contributed by atoms with E-state index in [1.54, 1.807) is 6.07 Å². The fourth-order valence-corrected chi connectivity index (χ4v) is 1.75. The van der Waals surface area contributed by atoms with Crippen LogP contribution in [0, 0.1) is 0 Å². The number of thiophene rings is 1. The molecule has 0 spiro atoms. The van der Waals surface area contributed by atoms with E-state index in [1.165, 1.54) is 11.3 Å². The van der Waals surface area contributed by atoms with Crippen LogP contribution in [0.3, 0.4) is 0 Å². The summed E-state index contributed by atoms with van der Waals surface area (Å²) in [5.74, 6) is 0. The smallest absolute Gasteiger partial charge is 0.171 e. The molecule has 2 aromatic rings. The molecule has 12 heavy (non-hydrogen) atoms. The topological polar surface area (TPSA) is 20.2 Å². The van der Waals surface area contributed by atoms with Crippen molar-refractivity contribution in [2.24, 2.45) is 0 Å². The Balaban J connectivity index is 2.45. The first-order chi connectivity index (χ1) is 5.86. The molecule has 1 aromatic carbocycles. The van der Waals surface area contributed by atoms with Crippen LogP contribution >= 0.6 is 11.3 Å². The van der Waals surface area contributed by atoms with Crippen LogP contribution in [0.4, 0.5) is 0 Å². The fourth-order valence-electron chi connectivity index (χ4n) is 1.11. The molecular weight excluding hydrogens is 168 g/mol. The maximum Gasteiger partial charge on any atom is 0.171 e. The molecule has 0 aliphatic rings. The first kappa shape index (κ1) is 7.37. The maximum absolute atomic E-state index is 9.13. The van der Waals surface area contributed by atoms with Gasteiger partial charge < -0.3 is 5.11 Å². The van der Waals surface area contributed by atoms with E-state index in [2.05, 4.69) is 0 Å². The van der Waals surface area contributed by atoms with E-state index in [9.17, 15) is 0 Å². The van der Waals surface area contributed by atoms with Crippen LogP contribution in [-0.2, 0) is 0 Å². The lowest BCUT2D eigenvalue weighted by Crippen LogP contribution is -1.69. The predicted molar refractivity (Wildman–Crippen MR) is 51.4 cm³/mol. The molecule has 0 bridgehead atoms.